The summed E-state index contributed by atoms with van der Waals surface area (Å²) in [5, 5.41) is 0.642. The molecule has 0 N–H and O–H groups in total. The molecular formula is C18H24ClN3O2. The summed E-state index contributed by atoms with van der Waals surface area (Å²) in [5.41, 5.74) is 0.812. The molecule has 2 fully saturated rings. The number of carbonyl (C=O) groups excluding carboxylic acids is 2. The summed E-state index contributed by atoms with van der Waals surface area (Å²) in [7, 11) is 0. The van der Waals surface area contributed by atoms with Crippen LogP contribution in [0.2, 0.25) is 5.02 Å². The molecule has 1 atom stereocenters. The summed E-state index contributed by atoms with van der Waals surface area (Å²) in [6.07, 6.45) is 1.72. The van der Waals surface area contributed by atoms with Crippen LogP contribution < -0.4 is 4.90 Å². The maximum Gasteiger partial charge on any atom is 0.239 e. The quantitative estimate of drug-likeness (QED) is 0.783. The van der Waals surface area contributed by atoms with Gasteiger partial charge in [0, 0.05) is 43.4 Å². The highest BCUT2D eigenvalue weighted by atomic mass is 35.5. The molecule has 1 unspecified atom stereocenters. The molecule has 0 spiro atoms. The number of piperazine rings is 1. The zero-order valence-corrected chi connectivity index (χ0v) is 14.8. The highest BCUT2D eigenvalue weighted by Crippen LogP contribution is 2.27. The number of hydrogen-bond donors (Lipinski definition) is 0. The van der Waals surface area contributed by atoms with Crippen molar-refractivity contribution in [2.75, 3.05) is 44.2 Å². The number of amides is 2. The number of nitrogens with zero attached hydrogens (tertiary/aromatic N) is 3. The summed E-state index contributed by atoms with van der Waals surface area (Å²) in [4.78, 5) is 31.4. The van der Waals surface area contributed by atoms with E-state index in [9.17, 15) is 9.59 Å². The van der Waals surface area contributed by atoms with Crippen molar-refractivity contribution in [3.05, 3.63) is 29.3 Å². The van der Waals surface area contributed by atoms with Gasteiger partial charge in [-0.3, -0.25) is 14.5 Å². The lowest BCUT2D eigenvalue weighted by molar-refractivity contribution is -0.141. The second kappa shape index (κ2) is 7.53. The molecule has 0 bridgehead atoms. The summed E-state index contributed by atoms with van der Waals surface area (Å²) in [5.74, 6) is -0.621. The van der Waals surface area contributed by atoms with E-state index >= 15 is 0 Å². The minimum absolute atomic E-state index is 0.00684. The van der Waals surface area contributed by atoms with Gasteiger partial charge < -0.3 is 9.80 Å². The smallest absolute Gasteiger partial charge is 0.239 e. The maximum absolute atomic E-state index is 12.7. The van der Waals surface area contributed by atoms with E-state index < -0.39 is 5.92 Å². The average molecular weight is 350 g/mol. The molecule has 0 radical (unpaired) electrons. The van der Waals surface area contributed by atoms with Crippen LogP contribution in [-0.4, -0.2) is 60.9 Å². The van der Waals surface area contributed by atoms with Gasteiger partial charge in [0.05, 0.1) is 0 Å². The van der Waals surface area contributed by atoms with Crippen molar-refractivity contribution < 1.29 is 9.59 Å². The summed E-state index contributed by atoms with van der Waals surface area (Å²) in [6.45, 7) is 7.09. The molecular weight excluding hydrogens is 326 g/mol. The molecule has 1 aromatic carbocycles. The lowest BCUT2D eigenvalue weighted by Crippen LogP contribution is -2.51. The Balaban J connectivity index is 1.61. The van der Waals surface area contributed by atoms with Crippen LogP contribution in [0.3, 0.4) is 0 Å². The van der Waals surface area contributed by atoms with Gasteiger partial charge in [-0.1, -0.05) is 18.5 Å². The molecule has 130 valence electrons. The Kier molecular flexibility index (Phi) is 5.41. The fourth-order valence-corrected chi connectivity index (χ4v) is 3.64. The highest BCUT2D eigenvalue weighted by molar-refractivity contribution is 6.30. The van der Waals surface area contributed by atoms with E-state index in [0.717, 1.165) is 44.8 Å². The minimum atomic E-state index is -0.529. The van der Waals surface area contributed by atoms with Gasteiger partial charge in [0.2, 0.25) is 11.8 Å². The molecule has 3 rings (SSSR count). The Morgan fingerprint density at radius 2 is 1.79 bits per heavy atom. The van der Waals surface area contributed by atoms with E-state index in [0.29, 0.717) is 18.0 Å². The zero-order valence-electron chi connectivity index (χ0n) is 14.1. The standard InChI is InChI=1S/C18H24ClN3O2/c1-2-8-20-10-12-21(13-11-20)17(23)16-7-9-22(18(16)24)15-5-3-14(19)4-6-15/h3-6,16H,2,7-13H2,1H3. The summed E-state index contributed by atoms with van der Waals surface area (Å²) >= 11 is 5.90. The molecule has 2 amide bonds. The van der Waals surface area contributed by atoms with Crippen LogP contribution in [-0.2, 0) is 9.59 Å². The molecule has 5 nitrogen and oxygen atoms in total. The molecule has 2 saturated heterocycles. The topological polar surface area (TPSA) is 43.9 Å². The normalized spacial score (nSPS) is 22.2. The highest BCUT2D eigenvalue weighted by Gasteiger charge is 2.40. The second-order valence-electron chi connectivity index (χ2n) is 6.47. The van der Waals surface area contributed by atoms with Gasteiger partial charge in [-0.05, 0) is 43.7 Å². The zero-order chi connectivity index (χ0) is 17.1. The first kappa shape index (κ1) is 17.2. The van der Waals surface area contributed by atoms with Crippen molar-refractivity contribution in [3.8, 4) is 0 Å². The monoisotopic (exact) mass is 349 g/mol. The summed E-state index contributed by atoms with van der Waals surface area (Å²) in [6, 6.07) is 7.20. The predicted octanol–water partition coefficient (Wildman–Crippen LogP) is 2.25. The lowest BCUT2D eigenvalue weighted by atomic mass is 10.1. The number of carbonyl (C=O) groups is 2. The third kappa shape index (κ3) is 3.57. The van der Waals surface area contributed by atoms with Crippen LogP contribution in [0.4, 0.5) is 5.69 Å². The molecule has 0 aliphatic carbocycles. The van der Waals surface area contributed by atoms with Crippen LogP contribution in [0.15, 0.2) is 24.3 Å². The Bertz CT molecular complexity index is 597. The molecule has 2 heterocycles. The van der Waals surface area contributed by atoms with Crippen LogP contribution in [0.25, 0.3) is 0 Å². The predicted molar refractivity (Wildman–Crippen MR) is 95.2 cm³/mol. The van der Waals surface area contributed by atoms with Gasteiger partial charge in [0.1, 0.15) is 5.92 Å². The van der Waals surface area contributed by atoms with Crippen LogP contribution in [0.1, 0.15) is 19.8 Å². The Labute approximate surface area is 148 Å². The fraction of sp³-hybridized carbons (Fsp3) is 0.556. The molecule has 0 saturated carbocycles. The van der Waals surface area contributed by atoms with Crippen LogP contribution in [0, 0.1) is 5.92 Å². The molecule has 1 aromatic rings. The third-order valence-corrected chi connectivity index (χ3v) is 5.12. The number of hydrogen-bond acceptors (Lipinski definition) is 3. The first-order chi connectivity index (χ1) is 11.6. The molecule has 2 aliphatic heterocycles. The molecule has 2 aliphatic rings. The molecule has 6 heteroatoms. The van der Waals surface area contributed by atoms with Gasteiger partial charge in [-0.2, -0.15) is 0 Å². The van der Waals surface area contributed by atoms with Gasteiger partial charge >= 0.3 is 0 Å². The van der Waals surface area contributed by atoms with Crippen molar-refractivity contribution in [1.29, 1.82) is 0 Å². The second-order valence-corrected chi connectivity index (χ2v) is 6.91. The van der Waals surface area contributed by atoms with Crippen molar-refractivity contribution in [2.24, 2.45) is 5.92 Å². The molecule has 24 heavy (non-hydrogen) atoms. The number of rotatable bonds is 4. The van der Waals surface area contributed by atoms with E-state index in [1.54, 1.807) is 17.0 Å². The van der Waals surface area contributed by atoms with Crippen LogP contribution in [0.5, 0.6) is 0 Å². The van der Waals surface area contributed by atoms with E-state index in [1.165, 1.54) is 0 Å². The minimum Gasteiger partial charge on any atom is -0.339 e. The Morgan fingerprint density at radius 1 is 1.12 bits per heavy atom. The van der Waals surface area contributed by atoms with E-state index in [2.05, 4.69) is 11.8 Å². The SMILES string of the molecule is CCCN1CCN(C(=O)C2CCN(c3ccc(Cl)cc3)C2=O)CC1. The largest absolute Gasteiger partial charge is 0.339 e. The van der Waals surface area contributed by atoms with Crippen molar-refractivity contribution in [3.63, 3.8) is 0 Å². The number of benzene rings is 1. The van der Waals surface area contributed by atoms with E-state index in [1.807, 2.05) is 17.0 Å². The van der Waals surface area contributed by atoms with Gasteiger partial charge in [0.15, 0.2) is 0 Å². The fourth-order valence-electron chi connectivity index (χ4n) is 3.51. The van der Waals surface area contributed by atoms with Crippen molar-refractivity contribution >= 4 is 29.1 Å². The third-order valence-electron chi connectivity index (χ3n) is 4.87. The van der Waals surface area contributed by atoms with Crippen LogP contribution >= 0.6 is 11.6 Å². The Morgan fingerprint density at radius 3 is 2.42 bits per heavy atom. The van der Waals surface area contributed by atoms with Crippen molar-refractivity contribution in [2.45, 2.75) is 19.8 Å². The average Bonchev–Trinajstić information content (AvgIpc) is 2.97. The van der Waals surface area contributed by atoms with Gasteiger partial charge in [0.25, 0.3) is 0 Å². The maximum atomic E-state index is 12.7. The molecule has 0 aromatic heterocycles. The first-order valence-electron chi connectivity index (χ1n) is 8.68. The lowest BCUT2D eigenvalue weighted by Gasteiger charge is -2.35. The number of halogens is 1. The van der Waals surface area contributed by atoms with Gasteiger partial charge in [-0.25, -0.2) is 0 Å². The summed E-state index contributed by atoms with van der Waals surface area (Å²) < 4.78 is 0. The van der Waals surface area contributed by atoms with Crippen molar-refractivity contribution in [1.82, 2.24) is 9.80 Å². The first-order valence-corrected chi connectivity index (χ1v) is 9.06. The van der Waals surface area contributed by atoms with E-state index in [-0.39, 0.29) is 11.8 Å². The number of anilines is 1. The van der Waals surface area contributed by atoms with E-state index in [4.69, 9.17) is 11.6 Å². The van der Waals surface area contributed by atoms with Gasteiger partial charge in [-0.15, -0.1) is 0 Å². The Hall–Kier alpha value is -1.59.